The summed E-state index contributed by atoms with van der Waals surface area (Å²) in [7, 11) is 0. The van der Waals surface area contributed by atoms with Crippen LogP contribution in [0.25, 0.3) is 10.8 Å². The van der Waals surface area contributed by atoms with Crippen molar-refractivity contribution in [2.24, 2.45) is 0 Å². The molecule has 0 atom stereocenters. The van der Waals surface area contributed by atoms with Gasteiger partial charge in [0.25, 0.3) is 11.8 Å². The molecule has 3 heteroatoms. The fourth-order valence-electron chi connectivity index (χ4n) is 2.84. The highest BCUT2D eigenvalue weighted by Crippen LogP contribution is 2.29. The molecule has 0 spiro atoms. The molecule has 3 rings (SSSR count). The van der Waals surface area contributed by atoms with Gasteiger partial charge in [0.15, 0.2) is 0 Å². The second kappa shape index (κ2) is 8.25. The molecule has 0 N–H and O–H groups in total. The van der Waals surface area contributed by atoms with Crippen molar-refractivity contribution < 1.29 is 9.59 Å². The predicted molar refractivity (Wildman–Crippen MR) is 104 cm³/mol. The van der Waals surface area contributed by atoms with Crippen LogP contribution in [0.3, 0.4) is 0 Å². The first kappa shape index (κ1) is 18.4. The molecule has 2 amide bonds. The highest BCUT2D eigenvalue weighted by Gasteiger charge is 2.31. The summed E-state index contributed by atoms with van der Waals surface area (Å²) in [6.07, 6.45) is 7.87. The maximum absolute atomic E-state index is 12.1. The molecule has 0 radical (unpaired) electrons. The van der Waals surface area contributed by atoms with Gasteiger partial charge in [-0.1, -0.05) is 55.1 Å². The molecule has 0 bridgehead atoms. The number of imide groups is 1. The third-order valence-corrected chi connectivity index (χ3v) is 4.10. The van der Waals surface area contributed by atoms with Gasteiger partial charge in [-0.2, -0.15) is 0 Å². The summed E-state index contributed by atoms with van der Waals surface area (Å²) in [4.78, 5) is 25.6. The molecule has 3 nitrogen and oxygen atoms in total. The van der Waals surface area contributed by atoms with Crippen LogP contribution in [0, 0.1) is 0 Å². The van der Waals surface area contributed by atoms with Crippen molar-refractivity contribution in [1.82, 2.24) is 4.90 Å². The van der Waals surface area contributed by atoms with Gasteiger partial charge in [0.05, 0.1) is 0 Å². The van der Waals surface area contributed by atoms with Gasteiger partial charge in [-0.15, -0.1) is 0 Å². The van der Waals surface area contributed by atoms with E-state index in [1.807, 2.05) is 69.3 Å². The molecular formula is C22H23NO2. The molecule has 2 aromatic carbocycles. The Kier molecular flexibility index (Phi) is 6.07. The van der Waals surface area contributed by atoms with Gasteiger partial charge < -0.3 is 0 Å². The number of rotatable bonds is 3. The van der Waals surface area contributed by atoms with Crippen LogP contribution in [0.2, 0.25) is 0 Å². The van der Waals surface area contributed by atoms with Crippen LogP contribution < -0.4 is 0 Å². The number of amides is 2. The summed E-state index contributed by atoms with van der Waals surface area (Å²) in [6, 6.07) is 11.1. The Morgan fingerprint density at radius 1 is 1.04 bits per heavy atom. The van der Waals surface area contributed by atoms with Crippen LogP contribution in [0.4, 0.5) is 0 Å². The number of benzene rings is 2. The molecule has 25 heavy (non-hydrogen) atoms. The summed E-state index contributed by atoms with van der Waals surface area (Å²) in [5.74, 6) is -0.386. The fraction of sp³-hybridized carbons (Fsp3) is 0.182. The van der Waals surface area contributed by atoms with Gasteiger partial charge in [0, 0.05) is 23.1 Å². The van der Waals surface area contributed by atoms with Gasteiger partial charge in [-0.3, -0.25) is 14.5 Å². The van der Waals surface area contributed by atoms with Crippen molar-refractivity contribution in [3.8, 4) is 0 Å². The molecule has 2 aromatic rings. The molecule has 0 aromatic heterocycles. The lowest BCUT2D eigenvalue weighted by atomic mass is 9.94. The third-order valence-electron chi connectivity index (χ3n) is 4.10. The number of nitrogens with zero attached hydrogens (tertiary/aromatic N) is 1. The smallest absolute Gasteiger partial charge is 0.261 e. The molecule has 128 valence electrons. The minimum absolute atomic E-state index is 0.193. The maximum Gasteiger partial charge on any atom is 0.261 e. The van der Waals surface area contributed by atoms with E-state index < -0.39 is 0 Å². The predicted octanol–water partition coefficient (Wildman–Crippen LogP) is 5.15. The lowest BCUT2D eigenvalue weighted by Gasteiger charge is -2.25. The molecule has 0 aliphatic carbocycles. The summed E-state index contributed by atoms with van der Waals surface area (Å²) >= 11 is 0. The van der Waals surface area contributed by atoms with E-state index in [0.29, 0.717) is 17.7 Å². The Balaban J connectivity index is 0.000000242. The topological polar surface area (TPSA) is 37.4 Å². The van der Waals surface area contributed by atoms with Crippen molar-refractivity contribution in [2.45, 2.75) is 20.8 Å². The molecule has 1 heterocycles. The standard InChI is InChI=1S/C14H11NO2.C8H12/c1-2-15-13(16)10-7-3-5-9-6-4-8-11(12(9)10)14(15)17;1-4-7-8(5-2)6-3/h3-8H,2H2,1H3;4-7H,2H2,1,3H3/b;7-4-,8-6-. The van der Waals surface area contributed by atoms with Crippen molar-refractivity contribution >= 4 is 22.6 Å². The number of carbonyl (C=O) groups excluding carboxylic acids is 2. The summed E-state index contributed by atoms with van der Waals surface area (Å²) in [6.45, 7) is 9.84. The molecule has 1 aliphatic heterocycles. The molecule has 1 aliphatic rings. The quantitative estimate of drug-likeness (QED) is 0.575. The van der Waals surface area contributed by atoms with E-state index in [9.17, 15) is 9.59 Å². The number of allylic oxidation sites excluding steroid dienone is 5. The Hall–Kier alpha value is -2.94. The van der Waals surface area contributed by atoms with Crippen LogP contribution in [0.15, 0.2) is 72.9 Å². The van der Waals surface area contributed by atoms with Crippen LogP contribution in [0.5, 0.6) is 0 Å². The van der Waals surface area contributed by atoms with E-state index in [-0.39, 0.29) is 11.8 Å². The SMILES string of the molecule is C=CC(/C=C\C)=C/C.CCN1C(=O)c2cccc3cccc(c23)C1=O. The molecule has 0 unspecified atom stereocenters. The van der Waals surface area contributed by atoms with E-state index in [2.05, 4.69) is 6.58 Å². The first-order valence-corrected chi connectivity index (χ1v) is 8.38. The fourth-order valence-corrected chi connectivity index (χ4v) is 2.84. The monoisotopic (exact) mass is 333 g/mol. The van der Waals surface area contributed by atoms with E-state index in [1.165, 1.54) is 10.5 Å². The van der Waals surface area contributed by atoms with Crippen LogP contribution in [-0.2, 0) is 0 Å². The van der Waals surface area contributed by atoms with Crippen LogP contribution >= 0.6 is 0 Å². The van der Waals surface area contributed by atoms with Gasteiger partial charge in [-0.25, -0.2) is 0 Å². The second-order valence-corrected chi connectivity index (χ2v) is 5.56. The maximum atomic E-state index is 12.1. The molecule has 0 fully saturated rings. The van der Waals surface area contributed by atoms with Crippen molar-refractivity contribution in [3.05, 3.63) is 84.0 Å². The molecule has 0 saturated heterocycles. The summed E-state index contributed by atoms with van der Waals surface area (Å²) in [5.41, 5.74) is 2.42. The molecule has 0 saturated carbocycles. The Bertz CT molecular complexity index is 824. The number of carbonyl (C=O) groups is 2. The van der Waals surface area contributed by atoms with Gasteiger partial charge >= 0.3 is 0 Å². The Labute approximate surface area is 149 Å². The normalized spacial score (nSPS) is 13.9. The van der Waals surface area contributed by atoms with Crippen molar-refractivity contribution in [1.29, 1.82) is 0 Å². The van der Waals surface area contributed by atoms with Gasteiger partial charge in [0.2, 0.25) is 0 Å². The van der Waals surface area contributed by atoms with Crippen LogP contribution in [0.1, 0.15) is 41.5 Å². The summed E-state index contributed by atoms with van der Waals surface area (Å²) in [5, 5.41) is 1.73. The lowest BCUT2D eigenvalue weighted by Crippen LogP contribution is -2.39. The number of hydrogen-bond donors (Lipinski definition) is 0. The minimum Gasteiger partial charge on any atom is -0.275 e. The highest BCUT2D eigenvalue weighted by atomic mass is 16.2. The van der Waals surface area contributed by atoms with Gasteiger partial charge in [0.1, 0.15) is 0 Å². The van der Waals surface area contributed by atoms with E-state index in [4.69, 9.17) is 0 Å². The minimum atomic E-state index is -0.193. The van der Waals surface area contributed by atoms with Crippen molar-refractivity contribution in [2.75, 3.05) is 6.54 Å². The van der Waals surface area contributed by atoms with E-state index in [1.54, 1.807) is 12.1 Å². The summed E-state index contributed by atoms with van der Waals surface area (Å²) < 4.78 is 0. The zero-order valence-electron chi connectivity index (χ0n) is 15.0. The lowest BCUT2D eigenvalue weighted by molar-refractivity contribution is 0.0619. The Morgan fingerprint density at radius 3 is 1.96 bits per heavy atom. The Morgan fingerprint density at radius 2 is 1.60 bits per heavy atom. The van der Waals surface area contributed by atoms with E-state index in [0.717, 1.165) is 10.8 Å². The zero-order valence-corrected chi connectivity index (χ0v) is 15.0. The number of hydrogen-bond acceptors (Lipinski definition) is 2. The average molecular weight is 333 g/mol. The molecular weight excluding hydrogens is 310 g/mol. The highest BCUT2D eigenvalue weighted by molar-refractivity contribution is 6.25. The second-order valence-electron chi connectivity index (χ2n) is 5.56. The third kappa shape index (κ3) is 3.61. The zero-order chi connectivity index (χ0) is 18.4. The largest absolute Gasteiger partial charge is 0.275 e. The first-order valence-electron chi connectivity index (χ1n) is 8.38. The van der Waals surface area contributed by atoms with Gasteiger partial charge in [-0.05, 0) is 43.9 Å². The van der Waals surface area contributed by atoms with Crippen molar-refractivity contribution in [3.63, 3.8) is 0 Å². The van der Waals surface area contributed by atoms with E-state index >= 15 is 0 Å². The average Bonchev–Trinajstić information content (AvgIpc) is 2.65. The van der Waals surface area contributed by atoms with Crippen LogP contribution in [-0.4, -0.2) is 23.3 Å². The first-order chi connectivity index (χ1) is 12.1.